The highest BCUT2D eigenvalue weighted by molar-refractivity contribution is 8.00. The smallest absolute Gasteiger partial charge is 0.145 e. The Bertz CT molecular complexity index is 192. The van der Waals surface area contributed by atoms with Gasteiger partial charge >= 0.3 is 0 Å². The van der Waals surface area contributed by atoms with E-state index in [0.29, 0.717) is 11.7 Å². The normalized spacial score (nSPS) is 24.6. The Hall–Kier alpha value is 0.0200. The molecule has 0 bridgehead atoms. The highest BCUT2D eigenvalue weighted by atomic mass is 32.2. The predicted octanol–water partition coefficient (Wildman–Crippen LogP) is 3.42. The quantitative estimate of drug-likeness (QED) is 0.710. The molecular weight excluding hydrogens is 192 g/mol. The zero-order chi connectivity index (χ0) is 9.80. The van der Waals surface area contributed by atoms with Crippen molar-refractivity contribution >= 4 is 17.5 Å². The summed E-state index contributed by atoms with van der Waals surface area (Å²) >= 11 is 1.93. The second-order valence-corrected chi connectivity index (χ2v) is 5.95. The van der Waals surface area contributed by atoms with Gasteiger partial charge in [0.15, 0.2) is 0 Å². The van der Waals surface area contributed by atoms with Crippen molar-refractivity contribution in [1.29, 1.82) is 0 Å². The van der Waals surface area contributed by atoms with Gasteiger partial charge in [-0.05, 0) is 25.7 Å². The van der Waals surface area contributed by atoms with Crippen LogP contribution in [0.15, 0.2) is 0 Å². The lowest BCUT2D eigenvalue weighted by molar-refractivity contribution is -0.122. The Labute approximate surface area is 91.0 Å². The summed E-state index contributed by atoms with van der Waals surface area (Å²) in [5, 5.41) is 0.799. The molecule has 0 heterocycles. The monoisotopic (exact) mass is 212 g/mol. The summed E-state index contributed by atoms with van der Waals surface area (Å²) in [5.74, 6) is 1.79. The second-order valence-electron chi connectivity index (χ2n) is 4.67. The largest absolute Gasteiger partial charge is 0.298 e. The second kappa shape index (κ2) is 5.20. The van der Waals surface area contributed by atoms with Crippen LogP contribution in [0.5, 0.6) is 0 Å². The molecule has 2 aliphatic carbocycles. The zero-order valence-corrected chi connectivity index (χ0v) is 9.65. The van der Waals surface area contributed by atoms with Crippen molar-refractivity contribution in [1.82, 2.24) is 0 Å². The number of hydrogen-bond acceptors (Lipinski definition) is 2. The van der Waals surface area contributed by atoms with Gasteiger partial charge in [0.05, 0.1) is 5.75 Å². The molecular formula is C12H20OS. The number of Topliss-reactive ketones (excluding diaryl/α,β-unsaturated/α-hetero) is 1. The molecule has 0 aromatic carbocycles. The summed E-state index contributed by atoms with van der Waals surface area (Å²) in [7, 11) is 0. The highest BCUT2D eigenvalue weighted by Crippen LogP contribution is 2.32. The van der Waals surface area contributed by atoms with Crippen molar-refractivity contribution in [2.75, 3.05) is 5.75 Å². The zero-order valence-electron chi connectivity index (χ0n) is 8.84. The van der Waals surface area contributed by atoms with Crippen molar-refractivity contribution in [3.63, 3.8) is 0 Å². The number of carbonyl (C=O) groups excluding carboxylic acids is 1. The molecule has 0 amide bonds. The van der Waals surface area contributed by atoms with Crippen LogP contribution in [0.25, 0.3) is 0 Å². The summed E-state index contributed by atoms with van der Waals surface area (Å²) in [6, 6.07) is 0. The molecule has 0 radical (unpaired) electrons. The van der Waals surface area contributed by atoms with Crippen molar-refractivity contribution in [3.05, 3.63) is 0 Å². The maximum absolute atomic E-state index is 11.6. The molecule has 80 valence electrons. The van der Waals surface area contributed by atoms with E-state index in [9.17, 15) is 4.79 Å². The van der Waals surface area contributed by atoms with E-state index in [-0.39, 0.29) is 0 Å². The first-order valence-electron chi connectivity index (χ1n) is 6.00. The third-order valence-electron chi connectivity index (χ3n) is 3.57. The molecule has 0 aromatic heterocycles. The van der Waals surface area contributed by atoms with E-state index >= 15 is 0 Å². The molecule has 0 saturated heterocycles. The highest BCUT2D eigenvalue weighted by Gasteiger charge is 2.25. The van der Waals surface area contributed by atoms with E-state index in [1.54, 1.807) is 0 Å². The van der Waals surface area contributed by atoms with Crippen molar-refractivity contribution in [2.24, 2.45) is 5.92 Å². The molecule has 0 spiro atoms. The van der Waals surface area contributed by atoms with Crippen molar-refractivity contribution in [2.45, 2.75) is 56.6 Å². The molecule has 2 aliphatic rings. The van der Waals surface area contributed by atoms with Gasteiger partial charge in [0, 0.05) is 11.2 Å². The Morgan fingerprint density at radius 1 is 1.00 bits per heavy atom. The topological polar surface area (TPSA) is 17.1 Å². The Morgan fingerprint density at radius 2 is 1.71 bits per heavy atom. The van der Waals surface area contributed by atoms with E-state index in [0.717, 1.165) is 11.0 Å². The fourth-order valence-electron chi connectivity index (χ4n) is 2.28. The lowest BCUT2D eigenvalue weighted by Crippen LogP contribution is -2.24. The van der Waals surface area contributed by atoms with E-state index in [2.05, 4.69) is 0 Å². The molecule has 2 rings (SSSR count). The molecule has 2 fully saturated rings. The Balaban J connectivity index is 1.62. The van der Waals surface area contributed by atoms with Crippen LogP contribution in [0.1, 0.15) is 51.4 Å². The molecule has 0 aromatic rings. The molecule has 0 unspecified atom stereocenters. The summed E-state index contributed by atoms with van der Waals surface area (Å²) < 4.78 is 0. The van der Waals surface area contributed by atoms with Gasteiger partial charge in [-0.25, -0.2) is 0 Å². The van der Waals surface area contributed by atoms with Crippen molar-refractivity contribution < 1.29 is 4.79 Å². The average Bonchev–Trinajstić information content (AvgIpc) is 2.14. The van der Waals surface area contributed by atoms with Crippen LogP contribution in [0.3, 0.4) is 0 Å². The van der Waals surface area contributed by atoms with Gasteiger partial charge < -0.3 is 0 Å². The van der Waals surface area contributed by atoms with Gasteiger partial charge in [-0.1, -0.05) is 25.7 Å². The standard InChI is InChI=1S/C12H20OS/c13-12(10-5-4-6-10)9-14-11-7-2-1-3-8-11/h10-11H,1-9H2. The van der Waals surface area contributed by atoms with Crippen molar-refractivity contribution in [3.8, 4) is 0 Å². The van der Waals surface area contributed by atoms with E-state index in [4.69, 9.17) is 0 Å². The van der Waals surface area contributed by atoms with E-state index < -0.39 is 0 Å². The summed E-state index contributed by atoms with van der Waals surface area (Å²) in [4.78, 5) is 11.6. The molecule has 0 atom stereocenters. The number of rotatable bonds is 4. The first-order chi connectivity index (χ1) is 6.86. The molecule has 2 heteroatoms. The van der Waals surface area contributed by atoms with Crippen LogP contribution in [0.2, 0.25) is 0 Å². The third kappa shape index (κ3) is 2.75. The van der Waals surface area contributed by atoms with Crippen LogP contribution in [-0.2, 0) is 4.79 Å². The van der Waals surface area contributed by atoms with Gasteiger partial charge in [-0.15, -0.1) is 0 Å². The predicted molar refractivity (Wildman–Crippen MR) is 61.7 cm³/mol. The van der Waals surface area contributed by atoms with Crippen LogP contribution < -0.4 is 0 Å². The molecule has 0 N–H and O–H groups in total. The Kier molecular flexibility index (Phi) is 3.91. The van der Waals surface area contributed by atoms with Gasteiger partial charge in [-0.3, -0.25) is 4.79 Å². The number of hydrogen-bond donors (Lipinski definition) is 0. The summed E-state index contributed by atoms with van der Waals surface area (Å²) in [5.41, 5.74) is 0. The lowest BCUT2D eigenvalue weighted by atomic mass is 9.83. The first-order valence-corrected chi connectivity index (χ1v) is 7.05. The molecule has 0 aliphatic heterocycles. The molecule has 14 heavy (non-hydrogen) atoms. The molecule has 1 nitrogen and oxygen atoms in total. The summed E-state index contributed by atoms with van der Waals surface area (Å²) in [6.07, 6.45) is 10.5. The van der Waals surface area contributed by atoms with E-state index in [1.807, 2.05) is 11.8 Å². The third-order valence-corrected chi connectivity index (χ3v) is 4.97. The maximum Gasteiger partial charge on any atom is 0.145 e. The fourth-order valence-corrected chi connectivity index (χ4v) is 3.58. The SMILES string of the molecule is O=C(CSC1CCCCC1)C1CCC1. The molecule has 2 saturated carbocycles. The van der Waals surface area contributed by atoms with Gasteiger partial charge in [0.2, 0.25) is 0 Å². The number of carbonyl (C=O) groups is 1. The van der Waals surface area contributed by atoms with E-state index in [1.165, 1.54) is 51.4 Å². The fraction of sp³-hybridized carbons (Fsp3) is 0.917. The maximum atomic E-state index is 11.6. The number of ketones is 1. The van der Waals surface area contributed by atoms with Crippen LogP contribution in [-0.4, -0.2) is 16.8 Å². The summed E-state index contributed by atoms with van der Waals surface area (Å²) in [6.45, 7) is 0. The van der Waals surface area contributed by atoms with Gasteiger partial charge in [0.1, 0.15) is 5.78 Å². The van der Waals surface area contributed by atoms with Crippen LogP contribution in [0, 0.1) is 5.92 Å². The first kappa shape index (κ1) is 10.5. The minimum Gasteiger partial charge on any atom is -0.298 e. The van der Waals surface area contributed by atoms with Gasteiger partial charge in [-0.2, -0.15) is 11.8 Å². The minimum absolute atomic E-state index is 0.450. The average molecular weight is 212 g/mol. The Morgan fingerprint density at radius 3 is 2.29 bits per heavy atom. The van der Waals surface area contributed by atoms with Crippen LogP contribution in [0.4, 0.5) is 0 Å². The van der Waals surface area contributed by atoms with Crippen LogP contribution >= 0.6 is 11.8 Å². The minimum atomic E-state index is 0.450. The lowest BCUT2D eigenvalue weighted by Gasteiger charge is -2.25. The van der Waals surface area contributed by atoms with Gasteiger partial charge in [0.25, 0.3) is 0 Å². The number of thioether (sulfide) groups is 1.